The van der Waals surface area contributed by atoms with Gasteiger partial charge in [0.05, 0.1) is 24.1 Å². The Labute approximate surface area is 152 Å². The molecule has 0 aliphatic heterocycles. The van der Waals surface area contributed by atoms with E-state index in [1.165, 1.54) is 23.1 Å². The lowest BCUT2D eigenvalue weighted by atomic mass is 10.2. The van der Waals surface area contributed by atoms with Gasteiger partial charge in [0, 0.05) is 16.5 Å². The Morgan fingerprint density at radius 3 is 2.84 bits per heavy atom. The second-order valence-electron chi connectivity index (χ2n) is 4.93. The minimum Gasteiger partial charge on any atom is -0.467 e. The molecule has 0 radical (unpaired) electrons. The number of carbonyl (C=O) groups is 2. The highest BCUT2D eigenvalue weighted by Crippen LogP contribution is 2.24. The summed E-state index contributed by atoms with van der Waals surface area (Å²) in [6.45, 7) is 0.346. The number of thioether (sulfide) groups is 1. The van der Waals surface area contributed by atoms with Crippen LogP contribution in [0, 0.1) is 0 Å². The van der Waals surface area contributed by atoms with Gasteiger partial charge in [-0.15, -0.1) is 23.1 Å². The van der Waals surface area contributed by atoms with Crippen LogP contribution >= 0.6 is 23.1 Å². The Balaban J connectivity index is 1.57. The molecule has 0 unspecified atom stereocenters. The molecule has 1 aromatic carbocycles. The number of amides is 2. The van der Waals surface area contributed by atoms with Crippen molar-refractivity contribution in [2.24, 2.45) is 0 Å². The topological polar surface area (TPSA) is 84.2 Å². The second kappa shape index (κ2) is 8.50. The first-order valence-electron chi connectivity index (χ1n) is 7.44. The third-order valence-electron chi connectivity index (χ3n) is 3.18. The molecule has 0 aliphatic rings. The van der Waals surface area contributed by atoms with Gasteiger partial charge in [0.15, 0.2) is 5.13 Å². The van der Waals surface area contributed by atoms with Crippen LogP contribution in [-0.2, 0) is 11.3 Å². The maximum absolute atomic E-state index is 12.4. The first-order valence-corrected chi connectivity index (χ1v) is 9.30. The van der Waals surface area contributed by atoms with Crippen LogP contribution in [0.5, 0.6) is 0 Å². The number of furan rings is 1. The van der Waals surface area contributed by atoms with Gasteiger partial charge < -0.3 is 9.73 Å². The molecule has 0 bridgehead atoms. The van der Waals surface area contributed by atoms with Gasteiger partial charge in [-0.2, -0.15) is 0 Å². The molecule has 3 aromatic rings. The minimum absolute atomic E-state index is 0.128. The van der Waals surface area contributed by atoms with Crippen molar-refractivity contribution in [3.63, 3.8) is 0 Å². The standard InChI is InChI=1S/C17H15N3O3S2/c21-15(19-10-12-4-3-8-23-12)11-25-14-6-2-1-5-13(14)16(22)20-17-18-7-9-24-17/h1-9H,10-11H2,(H,19,21)(H,18,20,22). The van der Waals surface area contributed by atoms with Crippen molar-refractivity contribution < 1.29 is 14.0 Å². The Bertz CT molecular complexity index is 833. The average Bonchev–Trinajstić information content (AvgIpc) is 3.32. The predicted octanol–water partition coefficient (Wildman–Crippen LogP) is 3.40. The largest absolute Gasteiger partial charge is 0.467 e. The molecule has 0 saturated carbocycles. The normalized spacial score (nSPS) is 10.4. The van der Waals surface area contributed by atoms with Gasteiger partial charge in [0.2, 0.25) is 5.91 Å². The van der Waals surface area contributed by atoms with Crippen LogP contribution < -0.4 is 10.6 Å². The molecule has 128 valence electrons. The van der Waals surface area contributed by atoms with Crippen molar-refractivity contribution in [2.75, 3.05) is 11.1 Å². The van der Waals surface area contributed by atoms with E-state index in [1.807, 2.05) is 12.1 Å². The Morgan fingerprint density at radius 1 is 1.20 bits per heavy atom. The lowest BCUT2D eigenvalue weighted by Gasteiger charge is -2.08. The summed E-state index contributed by atoms with van der Waals surface area (Å²) in [5, 5.41) is 7.86. The summed E-state index contributed by atoms with van der Waals surface area (Å²) >= 11 is 2.67. The van der Waals surface area contributed by atoms with Crippen LogP contribution in [0.3, 0.4) is 0 Å². The van der Waals surface area contributed by atoms with E-state index in [9.17, 15) is 9.59 Å². The van der Waals surface area contributed by atoms with Crippen molar-refractivity contribution in [3.8, 4) is 0 Å². The summed E-state index contributed by atoms with van der Waals surface area (Å²) in [5.41, 5.74) is 0.515. The third kappa shape index (κ3) is 4.94. The van der Waals surface area contributed by atoms with Crippen molar-refractivity contribution in [2.45, 2.75) is 11.4 Å². The van der Waals surface area contributed by atoms with Crippen LogP contribution in [0.4, 0.5) is 5.13 Å². The average molecular weight is 373 g/mol. The quantitative estimate of drug-likeness (QED) is 0.620. The first-order chi connectivity index (χ1) is 12.2. The number of anilines is 1. The summed E-state index contributed by atoms with van der Waals surface area (Å²) in [4.78, 5) is 29.1. The molecular formula is C17H15N3O3S2. The molecule has 3 rings (SSSR count). The number of nitrogens with zero attached hydrogens (tertiary/aromatic N) is 1. The van der Waals surface area contributed by atoms with Crippen molar-refractivity contribution in [1.82, 2.24) is 10.3 Å². The Hall–Kier alpha value is -2.58. The van der Waals surface area contributed by atoms with E-state index in [0.29, 0.717) is 23.0 Å². The highest BCUT2D eigenvalue weighted by atomic mass is 32.2. The van der Waals surface area contributed by atoms with E-state index in [0.717, 1.165) is 4.90 Å². The van der Waals surface area contributed by atoms with E-state index in [1.54, 1.807) is 42.1 Å². The highest BCUT2D eigenvalue weighted by Gasteiger charge is 2.14. The van der Waals surface area contributed by atoms with Crippen LogP contribution in [0.25, 0.3) is 0 Å². The van der Waals surface area contributed by atoms with Gasteiger partial charge in [-0.05, 0) is 24.3 Å². The molecule has 8 heteroatoms. The van der Waals surface area contributed by atoms with E-state index >= 15 is 0 Å². The van der Waals surface area contributed by atoms with Gasteiger partial charge >= 0.3 is 0 Å². The van der Waals surface area contributed by atoms with Gasteiger partial charge in [-0.25, -0.2) is 4.98 Å². The van der Waals surface area contributed by atoms with Gasteiger partial charge in [-0.1, -0.05) is 12.1 Å². The molecule has 2 N–H and O–H groups in total. The molecule has 2 amide bonds. The molecule has 0 aliphatic carbocycles. The van der Waals surface area contributed by atoms with Gasteiger partial charge in [0.25, 0.3) is 5.91 Å². The fourth-order valence-corrected chi connectivity index (χ4v) is 3.43. The van der Waals surface area contributed by atoms with Crippen LogP contribution in [0.1, 0.15) is 16.1 Å². The lowest BCUT2D eigenvalue weighted by molar-refractivity contribution is -0.118. The zero-order chi connectivity index (χ0) is 17.5. The minimum atomic E-state index is -0.242. The molecule has 2 heterocycles. The zero-order valence-corrected chi connectivity index (χ0v) is 14.7. The summed E-state index contributed by atoms with van der Waals surface area (Å²) < 4.78 is 5.17. The van der Waals surface area contributed by atoms with Gasteiger partial charge in [0.1, 0.15) is 5.76 Å². The Kier molecular flexibility index (Phi) is 5.86. The molecule has 6 nitrogen and oxygen atoms in total. The van der Waals surface area contributed by atoms with Crippen LogP contribution in [-0.4, -0.2) is 22.6 Å². The highest BCUT2D eigenvalue weighted by molar-refractivity contribution is 8.00. The summed E-state index contributed by atoms with van der Waals surface area (Å²) in [6.07, 6.45) is 3.19. The molecule has 2 aromatic heterocycles. The summed E-state index contributed by atoms with van der Waals surface area (Å²) in [7, 11) is 0. The monoisotopic (exact) mass is 373 g/mol. The number of aromatic nitrogens is 1. The van der Waals surface area contributed by atoms with Crippen LogP contribution in [0.2, 0.25) is 0 Å². The van der Waals surface area contributed by atoms with Crippen molar-refractivity contribution in [3.05, 3.63) is 65.6 Å². The number of thiazole rings is 1. The third-order valence-corrected chi connectivity index (χ3v) is 4.95. The number of rotatable bonds is 7. The van der Waals surface area contributed by atoms with Crippen molar-refractivity contribution >= 4 is 40.0 Å². The maximum Gasteiger partial charge on any atom is 0.258 e. The number of hydrogen-bond acceptors (Lipinski definition) is 6. The number of nitrogens with one attached hydrogen (secondary N) is 2. The first kappa shape index (κ1) is 17.2. The SMILES string of the molecule is O=C(CSc1ccccc1C(=O)Nc1nccs1)NCc1ccco1. The molecule has 0 atom stereocenters. The molecule has 0 saturated heterocycles. The number of carbonyl (C=O) groups excluding carboxylic acids is 2. The number of hydrogen-bond donors (Lipinski definition) is 2. The summed E-state index contributed by atoms with van der Waals surface area (Å²) in [5.74, 6) is 0.537. The Morgan fingerprint density at radius 2 is 2.08 bits per heavy atom. The van der Waals surface area contributed by atoms with E-state index in [-0.39, 0.29) is 17.6 Å². The maximum atomic E-state index is 12.4. The van der Waals surface area contributed by atoms with E-state index in [2.05, 4.69) is 15.6 Å². The predicted molar refractivity (Wildman–Crippen MR) is 97.8 cm³/mol. The number of benzene rings is 1. The van der Waals surface area contributed by atoms with Crippen LogP contribution in [0.15, 0.2) is 63.6 Å². The van der Waals surface area contributed by atoms with Gasteiger partial charge in [-0.3, -0.25) is 14.9 Å². The molecule has 25 heavy (non-hydrogen) atoms. The lowest BCUT2D eigenvalue weighted by Crippen LogP contribution is -2.24. The summed E-state index contributed by atoms with van der Waals surface area (Å²) in [6, 6.07) is 10.7. The molecule has 0 spiro atoms. The van der Waals surface area contributed by atoms with E-state index in [4.69, 9.17) is 4.42 Å². The smallest absolute Gasteiger partial charge is 0.258 e. The molecular weight excluding hydrogens is 358 g/mol. The second-order valence-corrected chi connectivity index (χ2v) is 6.84. The van der Waals surface area contributed by atoms with Crippen molar-refractivity contribution in [1.29, 1.82) is 0 Å². The fraction of sp³-hybridized carbons (Fsp3) is 0.118. The fourth-order valence-electron chi connectivity index (χ4n) is 2.02. The zero-order valence-electron chi connectivity index (χ0n) is 13.1. The van der Waals surface area contributed by atoms with E-state index < -0.39 is 0 Å². The molecule has 0 fully saturated rings.